The molecule has 1 fully saturated rings. The van der Waals surface area contributed by atoms with E-state index >= 15 is 0 Å². The second-order valence-electron chi connectivity index (χ2n) is 7.86. The molecule has 3 amide bonds. The van der Waals surface area contributed by atoms with Crippen molar-refractivity contribution in [3.05, 3.63) is 92.3 Å². The molecule has 1 heterocycles. The molecule has 4 rings (SSSR count). The molecule has 0 atom stereocenters. The number of para-hydroxylation sites is 1. The molecular formula is C27H22BrClN2O5S. The van der Waals surface area contributed by atoms with Gasteiger partial charge in [0.25, 0.3) is 11.1 Å². The van der Waals surface area contributed by atoms with Gasteiger partial charge in [-0.3, -0.25) is 19.3 Å². The fourth-order valence-electron chi connectivity index (χ4n) is 3.46. The third kappa shape index (κ3) is 6.94. The monoisotopic (exact) mass is 600 g/mol. The molecule has 190 valence electrons. The largest absolute Gasteiger partial charge is 0.490 e. The Hall–Kier alpha value is -3.27. The smallest absolute Gasteiger partial charge is 0.294 e. The number of carbonyl (C=O) groups excluding carboxylic acids is 3. The van der Waals surface area contributed by atoms with Crippen LogP contribution in [0.5, 0.6) is 11.5 Å². The van der Waals surface area contributed by atoms with Gasteiger partial charge in [0.05, 0.1) is 16.0 Å². The molecule has 0 bridgehead atoms. The molecule has 3 aromatic rings. The maximum Gasteiger partial charge on any atom is 0.294 e. The van der Waals surface area contributed by atoms with E-state index in [0.717, 1.165) is 22.2 Å². The molecule has 37 heavy (non-hydrogen) atoms. The van der Waals surface area contributed by atoms with Crippen molar-refractivity contribution in [1.29, 1.82) is 0 Å². The Bertz CT molecular complexity index is 1350. The zero-order chi connectivity index (χ0) is 26.4. The van der Waals surface area contributed by atoms with Crippen molar-refractivity contribution < 1.29 is 23.9 Å². The van der Waals surface area contributed by atoms with E-state index in [0.29, 0.717) is 45.5 Å². The van der Waals surface area contributed by atoms with Gasteiger partial charge in [0, 0.05) is 10.7 Å². The van der Waals surface area contributed by atoms with Crippen molar-refractivity contribution in [1.82, 2.24) is 4.90 Å². The van der Waals surface area contributed by atoms with Gasteiger partial charge < -0.3 is 14.8 Å². The maximum atomic E-state index is 12.9. The molecule has 1 saturated heterocycles. The highest BCUT2D eigenvalue weighted by Crippen LogP contribution is 2.39. The average molecular weight is 602 g/mol. The van der Waals surface area contributed by atoms with Crippen LogP contribution in [0.1, 0.15) is 18.1 Å². The van der Waals surface area contributed by atoms with Crippen molar-refractivity contribution in [2.75, 3.05) is 18.5 Å². The zero-order valence-corrected chi connectivity index (χ0v) is 22.9. The standard InChI is InChI=1S/C27H22BrClN2O5S/c1-2-35-22-13-18(12-21(28)25(22)36-16-17-8-10-19(29)11-9-17)14-23-26(33)31(27(34)37-23)15-24(32)30-20-6-4-3-5-7-20/h3-14H,2,15-16H2,1H3,(H,30,32)/b23-14-. The maximum absolute atomic E-state index is 12.9. The molecule has 0 unspecified atom stereocenters. The van der Waals surface area contributed by atoms with Gasteiger partial charge in [0.1, 0.15) is 13.2 Å². The number of rotatable bonds is 9. The molecule has 1 N–H and O–H groups in total. The number of anilines is 1. The SMILES string of the molecule is CCOc1cc(/C=C2\SC(=O)N(CC(=O)Nc3ccccc3)C2=O)cc(Br)c1OCc1ccc(Cl)cc1. The Kier molecular flexibility index (Phi) is 8.91. The number of nitrogens with zero attached hydrogens (tertiary/aromatic N) is 1. The molecule has 0 aliphatic carbocycles. The van der Waals surface area contributed by atoms with Gasteiger partial charge in [-0.05, 0) is 88.2 Å². The number of hydrogen-bond acceptors (Lipinski definition) is 6. The Labute approximate surface area is 231 Å². The fourth-order valence-corrected chi connectivity index (χ4v) is 5.00. The van der Waals surface area contributed by atoms with Gasteiger partial charge in [-0.15, -0.1) is 0 Å². The molecule has 0 aromatic heterocycles. The van der Waals surface area contributed by atoms with Gasteiger partial charge in [-0.1, -0.05) is 41.9 Å². The van der Waals surface area contributed by atoms with E-state index in [1.807, 2.05) is 25.1 Å². The van der Waals surface area contributed by atoms with Crippen LogP contribution in [-0.4, -0.2) is 35.1 Å². The van der Waals surface area contributed by atoms with E-state index in [-0.39, 0.29) is 11.4 Å². The normalized spacial score (nSPS) is 14.2. The van der Waals surface area contributed by atoms with Crippen LogP contribution < -0.4 is 14.8 Å². The van der Waals surface area contributed by atoms with Crippen LogP contribution in [0.25, 0.3) is 6.08 Å². The number of carbonyl (C=O) groups is 3. The fraction of sp³-hybridized carbons (Fsp3) is 0.148. The van der Waals surface area contributed by atoms with E-state index in [2.05, 4.69) is 21.2 Å². The number of hydrogen-bond donors (Lipinski definition) is 1. The van der Waals surface area contributed by atoms with Crippen molar-refractivity contribution in [3.63, 3.8) is 0 Å². The van der Waals surface area contributed by atoms with Gasteiger partial charge in [0.15, 0.2) is 11.5 Å². The lowest BCUT2D eigenvalue weighted by Crippen LogP contribution is -2.36. The van der Waals surface area contributed by atoms with Gasteiger partial charge in [-0.25, -0.2) is 0 Å². The highest BCUT2D eigenvalue weighted by atomic mass is 79.9. The average Bonchev–Trinajstić information content (AvgIpc) is 3.12. The first-order chi connectivity index (χ1) is 17.8. The second kappa shape index (κ2) is 12.3. The lowest BCUT2D eigenvalue weighted by Gasteiger charge is -2.15. The minimum absolute atomic E-state index is 0.210. The van der Waals surface area contributed by atoms with Crippen molar-refractivity contribution >= 4 is 68.1 Å². The summed E-state index contributed by atoms with van der Waals surface area (Å²) < 4.78 is 12.4. The highest BCUT2D eigenvalue weighted by molar-refractivity contribution is 9.10. The van der Waals surface area contributed by atoms with E-state index in [4.69, 9.17) is 21.1 Å². The Balaban J connectivity index is 1.49. The predicted octanol–water partition coefficient (Wildman–Crippen LogP) is 6.76. The van der Waals surface area contributed by atoms with Crippen LogP contribution in [0.15, 0.2) is 76.1 Å². The van der Waals surface area contributed by atoms with Gasteiger partial charge >= 0.3 is 0 Å². The van der Waals surface area contributed by atoms with Crippen LogP contribution in [0.2, 0.25) is 5.02 Å². The number of nitrogens with one attached hydrogen (secondary N) is 1. The molecule has 1 aliphatic heterocycles. The number of ether oxygens (including phenoxy) is 2. The zero-order valence-electron chi connectivity index (χ0n) is 19.7. The summed E-state index contributed by atoms with van der Waals surface area (Å²) in [5, 5.41) is 2.82. The minimum atomic E-state index is -0.532. The number of halogens is 2. The minimum Gasteiger partial charge on any atom is -0.490 e. The van der Waals surface area contributed by atoms with E-state index in [1.54, 1.807) is 54.6 Å². The van der Waals surface area contributed by atoms with Crippen LogP contribution in [0, 0.1) is 0 Å². The molecule has 0 radical (unpaired) electrons. The molecular weight excluding hydrogens is 580 g/mol. The molecule has 0 saturated carbocycles. The first-order valence-corrected chi connectivity index (χ1v) is 13.3. The first kappa shape index (κ1) is 26.8. The summed E-state index contributed by atoms with van der Waals surface area (Å²) >= 11 is 10.3. The third-order valence-electron chi connectivity index (χ3n) is 5.16. The molecule has 0 spiro atoms. The molecule has 1 aliphatic rings. The van der Waals surface area contributed by atoms with Gasteiger partial charge in [-0.2, -0.15) is 0 Å². The van der Waals surface area contributed by atoms with Crippen LogP contribution in [0.3, 0.4) is 0 Å². The molecule has 7 nitrogen and oxygen atoms in total. The Morgan fingerprint density at radius 3 is 2.51 bits per heavy atom. The molecule has 10 heteroatoms. The van der Waals surface area contributed by atoms with Gasteiger partial charge in [0.2, 0.25) is 5.91 Å². The summed E-state index contributed by atoms with van der Waals surface area (Å²) in [7, 11) is 0. The summed E-state index contributed by atoms with van der Waals surface area (Å²) in [6.45, 7) is 2.19. The second-order valence-corrected chi connectivity index (χ2v) is 10.1. The van der Waals surface area contributed by atoms with E-state index in [9.17, 15) is 14.4 Å². The number of imide groups is 1. The van der Waals surface area contributed by atoms with Crippen molar-refractivity contribution in [2.24, 2.45) is 0 Å². The quantitative estimate of drug-likeness (QED) is 0.273. The summed E-state index contributed by atoms with van der Waals surface area (Å²) in [5.41, 5.74) is 2.16. The van der Waals surface area contributed by atoms with E-state index < -0.39 is 17.1 Å². The first-order valence-electron chi connectivity index (χ1n) is 11.3. The van der Waals surface area contributed by atoms with Crippen LogP contribution in [-0.2, 0) is 16.2 Å². The molecule has 3 aromatic carbocycles. The number of amides is 3. The van der Waals surface area contributed by atoms with E-state index in [1.165, 1.54) is 0 Å². The highest BCUT2D eigenvalue weighted by Gasteiger charge is 2.36. The summed E-state index contributed by atoms with van der Waals surface area (Å²) in [6, 6.07) is 19.7. The topological polar surface area (TPSA) is 84.9 Å². The summed E-state index contributed by atoms with van der Waals surface area (Å²) in [5.74, 6) is 0.00636. The van der Waals surface area contributed by atoms with Crippen LogP contribution >= 0.6 is 39.3 Å². The Morgan fingerprint density at radius 1 is 1.08 bits per heavy atom. The van der Waals surface area contributed by atoms with Crippen molar-refractivity contribution in [3.8, 4) is 11.5 Å². The number of benzene rings is 3. The van der Waals surface area contributed by atoms with Crippen molar-refractivity contribution in [2.45, 2.75) is 13.5 Å². The summed E-state index contributed by atoms with van der Waals surface area (Å²) in [4.78, 5) is 38.9. The Morgan fingerprint density at radius 2 is 1.81 bits per heavy atom. The third-order valence-corrected chi connectivity index (χ3v) is 6.91. The van der Waals surface area contributed by atoms with Crippen LogP contribution in [0.4, 0.5) is 10.5 Å². The predicted molar refractivity (Wildman–Crippen MR) is 149 cm³/mol. The lowest BCUT2D eigenvalue weighted by molar-refractivity contribution is -0.127. The number of thioether (sulfide) groups is 1. The summed E-state index contributed by atoms with van der Waals surface area (Å²) in [6.07, 6.45) is 1.59. The lowest BCUT2D eigenvalue weighted by atomic mass is 10.1.